The first kappa shape index (κ1) is 12.0. The summed E-state index contributed by atoms with van der Waals surface area (Å²) in [7, 11) is 0. The summed E-state index contributed by atoms with van der Waals surface area (Å²) in [6, 6.07) is 6.13. The van der Waals surface area contributed by atoms with Crippen molar-refractivity contribution >= 4 is 23.5 Å². The fourth-order valence-electron chi connectivity index (χ4n) is 1.22. The number of aliphatic hydroxyl groups is 1. The molecule has 1 nitrogen and oxygen atoms in total. The van der Waals surface area contributed by atoms with Crippen LogP contribution in [-0.4, -0.2) is 17.6 Å². The van der Waals surface area contributed by atoms with Crippen molar-refractivity contribution in [1.82, 2.24) is 0 Å². The molecule has 1 N–H and O–H groups in total. The molecule has 0 atom stereocenters. The average Bonchev–Trinajstić information content (AvgIpc) is 2.15. The predicted molar refractivity (Wildman–Crippen MR) is 65.2 cm³/mol. The Bertz CT molecular complexity index is 316. The first-order valence-electron chi connectivity index (χ1n) is 4.44. The van der Waals surface area contributed by atoms with E-state index in [2.05, 4.69) is 24.6 Å². The van der Waals surface area contributed by atoms with Crippen molar-refractivity contribution in [1.29, 1.82) is 0 Å². The van der Waals surface area contributed by atoms with Gasteiger partial charge in [0.2, 0.25) is 0 Å². The second kappa shape index (κ2) is 4.60. The van der Waals surface area contributed by atoms with Gasteiger partial charge in [-0.2, -0.15) is 0 Å². The highest BCUT2D eigenvalue weighted by Gasteiger charge is 2.16. The fraction of sp³-hybridized carbons (Fsp3) is 0.455. The number of hydrogen-bond donors (Lipinski definition) is 1. The molecule has 0 aliphatic heterocycles. The van der Waals surface area contributed by atoms with Crippen LogP contribution in [0.15, 0.2) is 28.0 Å². The van der Waals surface area contributed by atoms with E-state index in [1.807, 2.05) is 19.9 Å². The van der Waals surface area contributed by atoms with Gasteiger partial charge in [0.1, 0.15) is 0 Å². The van der Waals surface area contributed by atoms with Gasteiger partial charge in [0, 0.05) is 9.79 Å². The highest BCUT2D eigenvalue weighted by atomic mass is 32.2. The lowest BCUT2D eigenvalue weighted by molar-refractivity contribution is 0.0783. The van der Waals surface area contributed by atoms with Gasteiger partial charge >= 0.3 is 0 Å². The van der Waals surface area contributed by atoms with Crippen LogP contribution >= 0.6 is 23.5 Å². The molecule has 14 heavy (non-hydrogen) atoms. The van der Waals surface area contributed by atoms with Crippen molar-refractivity contribution in [2.75, 3.05) is 12.5 Å². The maximum atomic E-state index is 9.86. The normalized spacial score (nSPS) is 11.8. The van der Waals surface area contributed by atoms with Gasteiger partial charge in [-0.25, -0.2) is 0 Å². The lowest BCUT2D eigenvalue weighted by Gasteiger charge is -2.19. The molecule has 1 aromatic carbocycles. The third kappa shape index (κ3) is 2.69. The van der Waals surface area contributed by atoms with Crippen molar-refractivity contribution in [3.8, 4) is 0 Å². The van der Waals surface area contributed by atoms with Crippen LogP contribution in [0, 0.1) is 0 Å². The largest absolute Gasteiger partial charge is 0.386 e. The second-order valence-electron chi connectivity index (χ2n) is 3.63. The molecule has 0 amide bonds. The highest BCUT2D eigenvalue weighted by Crippen LogP contribution is 2.32. The standard InChI is InChI=1S/C11H16OS2/c1-11(2,12)8-5-6-9(13-3)10(7-8)14-4/h5-7,12H,1-4H3. The maximum absolute atomic E-state index is 9.86. The van der Waals surface area contributed by atoms with E-state index < -0.39 is 5.60 Å². The quantitative estimate of drug-likeness (QED) is 0.801. The van der Waals surface area contributed by atoms with Crippen LogP contribution < -0.4 is 0 Å². The zero-order valence-corrected chi connectivity index (χ0v) is 10.6. The molecule has 0 heterocycles. The van der Waals surface area contributed by atoms with E-state index in [1.165, 1.54) is 9.79 Å². The Morgan fingerprint density at radius 1 is 1.07 bits per heavy atom. The van der Waals surface area contributed by atoms with E-state index in [-0.39, 0.29) is 0 Å². The van der Waals surface area contributed by atoms with Crippen molar-refractivity contribution in [2.24, 2.45) is 0 Å². The van der Waals surface area contributed by atoms with Gasteiger partial charge in [0.15, 0.2) is 0 Å². The molecule has 3 heteroatoms. The van der Waals surface area contributed by atoms with Gasteiger partial charge < -0.3 is 5.11 Å². The molecule has 0 aromatic heterocycles. The van der Waals surface area contributed by atoms with E-state index in [1.54, 1.807) is 23.5 Å². The molecular weight excluding hydrogens is 212 g/mol. The molecule has 0 saturated carbocycles. The molecule has 0 spiro atoms. The minimum Gasteiger partial charge on any atom is -0.386 e. The zero-order valence-electron chi connectivity index (χ0n) is 9.00. The molecule has 0 radical (unpaired) electrons. The second-order valence-corrected chi connectivity index (χ2v) is 5.32. The molecule has 0 bridgehead atoms. The third-order valence-electron chi connectivity index (χ3n) is 2.09. The van der Waals surface area contributed by atoms with Crippen LogP contribution in [-0.2, 0) is 5.60 Å². The number of rotatable bonds is 3. The SMILES string of the molecule is CSc1ccc(C(C)(C)O)cc1SC. The van der Waals surface area contributed by atoms with Crippen LogP contribution in [0.25, 0.3) is 0 Å². The van der Waals surface area contributed by atoms with E-state index in [4.69, 9.17) is 0 Å². The van der Waals surface area contributed by atoms with Crippen LogP contribution in [0.4, 0.5) is 0 Å². The highest BCUT2D eigenvalue weighted by molar-refractivity contribution is 8.01. The first-order valence-corrected chi connectivity index (χ1v) is 6.89. The lowest BCUT2D eigenvalue weighted by atomic mass is 9.99. The number of hydrogen-bond acceptors (Lipinski definition) is 3. The molecule has 0 aliphatic carbocycles. The van der Waals surface area contributed by atoms with E-state index >= 15 is 0 Å². The summed E-state index contributed by atoms with van der Waals surface area (Å²) >= 11 is 3.46. The summed E-state index contributed by atoms with van der Waals surface area (Å²) in [6.45, 7) is 3.62. The van der Waals surface area contributed by atoms with Crippen LogP contribution in [0.5, 0.6) is 0 Å². The van der Waals surface area contributed by atoms with Gasteiger partial charge in [-0.05, 0) is 44.1 Å². The van der Waals surface area contributed by atoms with Crippen molar-refractivity contribution in [3.05, 3.63) is 23.8 Å². The Balaban J connectivity index is 3.14. The average molecular weight is 228 g/mol. The topological polar surface area (TPSA) is 20.2 Å². The third-order valence-corrected chi connectivity index (χ3v) is 3.79. The lowest BCUT2D eigenvalue weighted by Crippen LogP contribution is -2.15. The van der Waals surface area contributed by atoms with E-state index in [0.29, 0.717) is 0 Å². The van der Waals surface area contributed by atoms with Crippen molar-refractivity contribution in [2.45, 2.75) is 29.2 Å². The molecule has 0 saturated heterocycles. The summed E-state index contributed by atoms with van der Waals surface area (Å²) < 4.78 is 0. The minimum atomic E-state index is -0.749. The Kier molecular flexibility index (Phi) is 3.93. The van der Waals surface area contributed by atoms with Gasteiger partial charge in [-0.15, -0.1) is 23.5 Å². The first-order chi connectivity index (χ1) is 6.49. The molecule has 1 rings (SSSR count). The summed E-state index contributed by atoms with van der Waals surface area (Å²) in [5.74, 6) is 0. The monoisotopic (exact) mass is 228 g/mol. The van der Waals surface area contributed by atoms with Crippen LogP contribution in [0.3, 0.4) is 0 Å². The Morgan fingerprint density at radius 2 is 1.64 bits per heavy atom. The smallest absolute Gasteiger partial charge is 0.0840 e. The summed E-state index contributed by atoms with van der Waals surface area (Å²) in [5, 5.41) is 9.86. The molecule has 0 aliphatic rings. The number of thioether (sulfide) groups is 2. The van der Waals surface area contributed by atoms with E-state index in [0.717, 1.165) is 5.56 Å². The Labute approximate surface area is 94.3 Å². The Morgan fingerprint density at radius 3 is 2.07 bits per heavy atom. The summed E-state index contributed by atoms with van der Waals surface area (Å²) in [4.78, 5) is 2.50. The predicted octanol–water partition coefficient (Wildman–Crippen LogP) is 3.36. The summed E-state index contributed by atoms with van der Waals surface area (Å²) in [6.07, 6.45) is 4.13. The van der Waals surface area contributed by atoms with Gasteiger partial charge in [0.25, 0.3) is 0 Å². The Hall–Kier alpha value is -0.120. The fourth-order valence-corrected chi connectivity index (χ4v) is 2.70. The molecule has 0 unspecified atom stereocenters. The molecule has 78 valence electrons. The van der Waals surface area contributed by atoms with Crippen LogP contribution in [0.2, 0.25) is 0 Å². The van der Waals surface area contributed by atoms with Crippen LogP contribution in [0.1, 0.15) is 19.4 Å². The van der Waals surface area contributed by atoms with Gasteiger partial charge in [0.05, 0.1) is 5.60 Å². The molecular formula is C11H16OS2. The van der Waals surface area contributed by atoms with Crippen molar-refractivity contribution < 1.29 is 5.11 Å². The van der Waals surface area contributed by atoms with Gasteiger partial charge in [-0.3, -0.25) is 0 Å². The minimum absolute atomic E-state index is 0.749. The van der Waals surface area contributed by atoms with Gasteiger partial charge in [-0.1, -0.05) is 6.07 Å². The van der Waals surface area contributed by atoms with E-state index in [9.17, 15) is 5.11 Å². The zero-order chi connectivity index (χ0) is 10.8. The summed E-state index contributed by atoms with van der Waals surface area (Å²) in [5.41, 5.74) is 0.223. The molecule has 0 fully saturated rings. The number of benzene rings is 1. The maximum Gasteiger partial charge on any atom is 0.0840 e. The van der Waals surface area contributed by atoms with Crippen molar-refractivity contribution in [3.63, 3.8) is 0 Å². The molecule has 1 aromatic rings.